The van der Waals surface area contributed by atoms with Gasteiger partial charge in [0, 0.05) is 39.8 Å². The van der Waals surface area contributed by atoms with Gasteiger partial charge in [-0.1, -0.05) is 23.7 Å². The third kappa shape index (κ3) is 6.22. The Morgan fingerprint density at radius 3 is 2.52 bits per heavy atom. The molecule has 1 fully saturated rings. The van der Waals surface area contributed by atoms with Crippen molar-refractivity contribution in [2.24, 2.45) is 4.99 Å². The van der Waals surface area contributed by atoms with Gasteiger partial charge in [0.25, 0.3) is 0 Å². The summed E-state index contributed by atoms with van der Waals surface area (Å²) in [5.41, 5.74) is 1.85. The molecule has 0 spiro atoms. The van der Waals surface area contributed by atoms with E-state index in [1.165, 1.54) is 0 Å². The highest BCUT2D eigenvalue weighted by Gasteiger charge is 2.21. The maximum absolute atomic E-state index is 10.1. The van der Waals surface area contributed by atoms with Gasteiger partial charge in [-0.25, -0.2) is 0 Å². The standard InChI is InChI=1S/C22H29ClN4O3.HI/c1-4-30-21-17(23)13-16(14-20(21)29-3)15-25-22(24-2)27-11-9-26(10-12-27)18-7-5-6-8-19(18)28;/h5-8,13-14,28H,4,9-12,15H2,1-3H3,(H,24,25);1H. The van der Waals surface area contributed by atoms with Gasteiger partial charge in [-0.15, -0.1) is 24.0 Å². The van der Waals surface area contributed by atoms with Gasteiger partial charge in [-0.3, -0.25) is 4.99 Å². The van der Waals surface area contributed by atoms with Gasteiger partial charge in [0.2, 0.25) is 0 Å². The Balaban J connectivity index is 0.00000341. The first-order chi connectivity index (χ1) is 14.6. The number of nitrogens with zero attached hydrogens (tertiary/aromatic N) is 3. The number of aliphatic imine (C=N–C) groups is 1. The summed E-state index contributed by atoms with van der Waals surface area (Å²) in [7, 11) is 3.39. The number of hydrogen-bond acceptors (Lipinski definition) is 5. The van der Waals surface area contributed by atoms with Crippen LogP contribution in [0.2, 0.25) is 5.02 Å². The topological polar surface area (TPSA) is 69.6 Å². The average Bonchev–Trinajstić information content (AvgIpc) is 2.76. The van der Waals surface area contributed by atoms with Crippen molar-refractivity contribution >= 4 is 47.2 Å². The van der Waals surface area contributed by atoms with Crippen molar-refractivity contribution in [2.75, 3.05) is 51.8 Å². The highest BCUT2D eigenvalue weighted by molar-refractivity contribution is 14.0. The third-order valence-electron chi connectivity index (χ3n) is 5.04. The Kier molecular flexibility index (Phi) is 9.83. The number of guanidine groups is 1. The molecule has 7 nitrogen and oxygen atoms in total. The predicted molar refractivity (Wildman–Crippen MR) is 137 cm³/mol. The summed E-state index contributed by atoms with van der Waals surface area (Å²) in [6.45, 7) is 6.22. The summed E-state index contributed by atoms with van der Waals surface area (Å²) < 4.78 is 11.0. The van der Waals surface area contributed by atoms with Crippen LogP contribution < -0.4 is 19.7 Å². The number of hydrogen-bond donors (Lipinski definition) is 2. The van der Waals surface area contributed by atoms with Crippen molar-refractivity contribution < 1.29 is 14.6 Å². The van der Waals surface area contributed by atoms with E-state index in [0.29, 0.717) is 35.4 Å². The largest absolute Gasteiger partial charge is 0.506 e. The molecule has 0 amide bonds. The Morgan fingerprint density at radius 2 is 1.90 bits per heavy atom. The van der Waals surface area contributed by atoms with Crippen molar-refractivity contribution in [1.82, 2.24) is 10.2 Å². The number of phenols is 1. The number of piperazine rings is 1. The van der Waals surface area contributed by atoms with Gasteiger partial charge in [-0.2, -0.15) is 0 Å². The van der Waals surface area contributed by atoms with Crippen LogP contribution >= 0.6 is 35.6 Å². The van der Waals surface area contributed by atoms with Crippen molar-refractivity contribution in [3.63, 3.8) is 0 Å². The van der Waals surface area contributed by atoms with E-state index in [-0.39, 0.29) is 24.0 Å². The highest BCUT2D eigenvalue weighted by atomic mass is 127. The second kappa shape index (κ2) is 12.1. The first kappa shape index (κ1) is 25.2. The molecule has 1 aliphatic heterocycles. The number of methoxy groups -OCH3 is 1. The van der Waals surface area contributed by atoms with Crippen molar-refractivity contribution in [1.29, 1.82) is 0 Å². The zero-order chi connectivity index (χ0) is 21.5. The summed E-state index contributed by atoms with van der Waals surface area (Å²) in [6.07, 6.45) is 0. The lowest BCUT2D eigenvalue weighted by Crippen LogP contribution is -2.52. The number of rotatable bonds is 6. The maximum Gasteiger partial charge on any atom is 0.194 e. The number of halogens is 2. The molecule has 0 unspecified atom stereocenters. The molecule has 1 saturated heterocycles. The molecule has 0 radical (unpaired) electrons. The van der Waals surface area contributed by atoms with Crippen LogP contribution in [-0.2, 0) is 6.54 Å². The Morgan fingerprint density at radius 1 is 1.19 bits per heavy atom. The Hall–Kier alpha value is -2.07. The molecule has 3 rings (SSSR count). The van der Waals surface area contributed by atoms with Gasteiger partial charge >= 0.3 is 0 Å². The Labute approximate surface area is 206 Å². The molecule has 1 heterocycles. The van der Waals surface area contributed by atoms with Crippen LogP contribution in [0, 0.1) is 0 Å². The fourth-order valence-electron chi connectivity index (χ4n) is 3.56. The second-order valence-electron chi connectivity index (χ2n) is 6.91. The molecule has 0 bridgehead atoms. The zero-order valence-electron chi connectivity index (χ0n) is 18.1. The molecule has 31 heavy (non-hydrogen) atoms. The van der Waals surface area contributed by atoms with Crippen LogP contribution in [0.3, 0.4) is 0 Å². The number of anilines is 1. The molecule has 2 N–H and O–H groups in total. The van der Waals surface area contributed by atoms with Crippen LogP contribution in [0.15, 0.2) is 41.4 Å². The number of aromatic hydroxyl groups is 1. The minimum absolute atomic E-state index is 0. The fraction of sp³-hybridized carbons (Fsp3) is 0.409. The lowest BCUT2D eigenvalue weighted by Gasteiger charge is -2.37. The van der Waals surface area contributed by atoms with Crippen molar-refractivity contribution in [3.8, 4) is 17.2 Å². The second-order valence-corrected chi connectivity index (χ2v) is 7.31. The molecule has 170 valence electrons. The van der Waals surface area contributed by atoms with Crippen LogP contribution in [0.4, 0.5) is 5.69 Å². The predicted octanol–water partition coefficient (Wildman–Crippen LogP) is 3.97. The van der Waals surface area contributed by atoms with Crippen LogP contribution in [0.1, 0.15) is 12.5 Å². The van der Waals surface area contributed by atoms with E-state index in [0.717, 1.165) is 43.4 Å². The van der Waals surface area contributed by atoms with Crippen molar-refractivity contribution in [3.05, 3.63) is 47.0 Å². The van der Waals surface area contributed by atoms with E-state index >= 15 is 0 Å². The van der Waals surface area contributed by atoms with E-state index in [1.807, 2.05) is 37.3 Å². The lowest BCUT2D eigenvalue weighted by atomic mass is 10.2. The van der Waals surface area contributed by atoms with Crippen LogP contribution in [-0.4, -0.2) is 62.9 Å². The van der Waals surface area contributed by atoms with E-state index in [1.54, 1.807) is 20.2 Å². The maximum atomic E-state index is 10.1. The molecule has 0 aliphatic carbocycles. The molecular formula is C22H30ClIN4O3. The molecule has 2 aromatic carbocycles. The molecule has 9 heteroatoms. The number of ether oxygens (including phenoxy) is 2. The number of para-hydroxylation sites is 2. The van der Waals surface area contributed by atoms with Gasteiger partial charge in [0.15, 0.2) is 17.5 Å². The van der Waals surface area contributed by atoms with E-state index < -0.39 is 0 Å². The van der Waals surface area contributed by atoms with Gasteiger partial charge < -0.3 is 29.7 Å². The molecule has 1 aliphatic rings. The number of phenolic OH excluding ortho intramolecular Hbond substituents is 1. The Bertz CT molecular complexity index is 889. The van der Waals surface area contributed by atoms with Crippen LogP contribution in [0.25, 0.3) is 0 Å². The fourth-order valence-corrected chi connectivity index (χ4v) is 3.85. The average molecular weight is 561 g/mol. The summed E-state index contributed by atoms with van der Waals surface area (Å²) in [5, 5.41) is 14.0. The molecule has 0 saturated carbocycles. The quantitative estimate of drug-likeness (QED) is 0.317. The van der Waals surface area contributed by atoms with E-state index in [2.05, 4.69) is 20.1 Å². The monoisotopic (exact) mass is 560 g/mol. The van der Waals surface area contributed by atoms with Gasteiger partial charge in [-0.05, 0) is 36.8 Å². The first-order valence-corrected chi connectivity index (χ1v) is 10.4. The SMILES string of the molecule is CCOc1c(Cl)cc(CNC(=NC)N2CCN(c3ccccc3O)CC2)cc1OC.I. The summed E-state index contributed by atoms with van der Waals surface area (Å²) in [6, 6.07) is 11.2. The summed E-state index contributed by atoms with van der Waals surface area (Å²) in [4.78, 5) is 8.83. The van der Waals surface area contributed by atoms with Gasteiger partial charge in [0.1, 0.15) is 5.75 Å². The summed E-state index contributed by atoms with van der Waals surface area (Å²) >= 11 is 6.38. The minimum Gasteiger partial charge on any atom is -0.506 e. The molecule has 0 aromatic heterocycles. The third-order valence-corrected chi connectivity index (χ3v) is 5.32. The zero-order valence-corrected chi connectivity index (χ0v) is 21.2. The first-order valence-electron chi connectivity index (χ1n) is 10.0. The molecule has 2 aromatic rings. The van der Waals surface area contributed by atoms with Crippen LogP contribution in [0.5, 0.6) is 17.2 Å². The molecule has 0 atom stereocenters. The van der Waals surface area contributed by atoms with E-state index in [9.17, 15) is 5.11 Å². The van der Waals surface area contributed by atoms with E-state index in [4.69, 9.17) is 21.1 Å². The normalized spacial score (nSPS) is 14.1. The minimum atomic E-state index is 0. The molecular weight excluding hydrogens is 531 g/mol. The highest BCUT2D eigenvalue weighted by Crippen LogP contribution is 2.36. The number of benzene rings is 2. The summed E-state index contributed by atoms with van der Waals surface area (Å²) in [5.74, 6) is 2.33. The van der Waals surface area contributed by atoms with Gasteiger partial charge in [0.05, 0.1) is 24.4 Å². The van der Waals surface area contributed by atoms with Crippen molar-refractivity contribution in [2.45, 2.75) is 13.5 Å². The lowest BCUT2D eigenvalue weighted by molar-refractivity contribution is 0.311. The smallest absolute Gasteiger partial charge is 0.194 e. The number of nitrogens with one attached hydrogen (secondary N) is 1.